The summed E-state index contributed by atoms with van der Waals surface area (Å²) in [6, 6.07) is 12.9. The molecule has 236 valence electrons. The molecule has 2 fully saturated rings. The lowest BCUT2D eigenvalue weighted by atomic mass is 9.89. The van der Waals surface area contributed by atoms with Crippen LogP contribution in [0.2, 0.25) is 0 Å². The van der Waals surface area contributed by atoms with Crippen molar-refractivity contribution in [3.05, 3.63) is 54.1 Å². The van der Waals surface area contributed by atoms with E-state index in [0.717, 1.165) is 12.0 Å². The fraction of sp³-hybridized carbons (Fsp3) is 0.567. The number of aliphatic hydroxyl groups excluding tert-OH is 1. The normalized spacial score (nSPS) is 22.8. The first-order chi connectivity index (χ1) is 20.6. The summed E-state index contributed by atoms with van der Waals surface area (Å²) in [5, 5.41) is 14.4. The van der Waals surface area contributed by atoms with E-state index in [1.165, 1.54) is 16.4 Å². The first-order valence-electron chi connectivity index (χ1n) is 14.6. The number of benzene rings is 2. The first kappa shape index (κ1) is 31.5. The van der Waals surface area contributed by atoms with Gasteiger partial charge in [0.25, 0.3) is 0 Å². The summed E-state index contributed by atoms with van der Waals surface area (Å²) in [5.74, 6) is 0.748. The number of carbonyl (C=O) groups is 1. The van der Waals surface area contributed by atoms with Gasteiger partial charge in [0.05, 0.1) is 36.2 Å². The molecular weight excluding hydrogens is 578 g/mol. The maximum absolute atomic E-state index is 14.0. The minimum absolute atomic E-state index is 0.00838. The highest BCUT2D eigenvalue weighted by molar-refractivity contribution is 7.89. The van der Waals surface area contributed by atoms with Gasteiger partial charge in [0.1, 0.15) is 6.10 Å². The summed E-state index contributed by atoms with van der Waals surface area (Å²) in [5.41, 5.74) is 6.19. The highest BCUT2D eigenvalue weighted by Gasteiger charge is 2.44. The Morgan fingerprint density at radius 2 is 1.93 bits per heavy atom. The number of nitrogens with zero attached hydrogens (tertiary/aromatic N) is 1. The van der Waals surface area contributed by atoms with Crippen molar-refractivity contribution in [2.75, 3.05) is 39.6 Å². The van der Waals surface area contributed by atoms with E-state index < -0.39 is 39.8 Å². The predicted molar refractivity (Wildman–Crippen MR) is 156 cm³/mol. The molecule has 5 rings (SSSR count). The fourth-order valence-electron chi connectivity index (χ4n) is 5.74. The number of nitrogens with one attached hydrogen (secondary N) is 1. The van der Waals surface area contributed by atoms with Crippen LogP contribution in [0.4, 0.5) is 4.79 Å². The molecule has 0 unspecified atom stereocenters. The molecule has 43 heavy (non-hydrogen) atoms. The average molecular weight is 620 g/mol. The zero-order valence-electron chi connectivity index (χ0n) is 24.5. The van der Waals surface area contributed by atoms with Gasteiger partial charge in [0, 0.05) is 19.2 Å². The van der Waals surface area contributed by atoms with Gasteiger partial charge in [-0.25, -0.2) is 13.2 Å². The zero-order chi connectivity index (χ0) is 30.6. The molecule has 13 heteroatoms. The standard InChI is InChI=1S/C30H41N3O9S/c1-30(2,11-12-31)18-33(43(36,37)21-8-9-25-26(15-21)41-19-40-25)16-24(34)23(14-20-6-4-3-5-7-20)32-29(35)42-27-17-39-28-22(27)10-13-38-28/h3-9,15,22-24,27-28,34H,10-14,16-19,31H2,1-2H3,(H,32,35)/t22-,23-,24+,27-,28+/m0/s1. The molecule has 12 nitrogen and oxygen atoms in total. The topological polar surface area (TPSA) is 159 Å². The third-order valence-electron chi connectivity index (χ3n) is 8.11. The highest BCUT2D eigenvalue weighted by atomic mass is 32.2. The third kappa shape index (κ3) is 7.59. The fourth-order valence-corrected chi connectivity index (χ4v) is 7.40. The van der Waals surface area contributed by atoms with Crippen molar-refractivity contribution in [2.45, 2.75) is 62.5 Å². The van der Waals surface area contributed by atoms with E-state index in [1.807, 2.05) is 44.2 Å². The molecule has 2 saturated heterocycles. The summed E-state index contributed by atoms with van der Waals surface area (Å²) in [6.45, 7) is 4.80. The minimum Gasteiger partial charge on any atom is -0.454 e. The van der Waals surface area contributed by atoms with Crippen molar-refractivity contribution in [3.63, 3.8) is 0 Å². The van der Waals surface area contributed by atoms with E-state index in [1.54, 1.807) is 6.07 Å². The number of sulfonamides is 1. The largest absolute Gasteiger partial charge is 0.454 e. The van der Waals surface area contributed by atoms with E-state index in [9.17, 15) is 18.3 Å². The molecule has 0 aliphatic carbocycles. The SMILES string of the molecule is CC(C)(CCN)CN(C[C@@H](O)[C@H](Cc1ccccc1)NC(=O)O[C@H]1CO[C@H]2OCC[C@H]21)S(=O)(=O)c1ccc2c(c1)OCO2. The summed E-state index contributed by atoms with van der Waals surface area (Å²) in [4.78, 5) is 13.1. The molecule has 0 saturated carbocycles. The van der Waals surface area contributed by atoms with E-state index >= 15 is 0 Å². The second kappa shape index (κ2) is 13.4. The van der Waals surface area contributed by atoms with Crippen LogP contribution in [0.15, 0.2) is 53.4 Å². The molecular formula is C30H41N3O9S. The summed E-state index contributed by atoms with van der Waals surface area (Å²) < 4.78 is 56.9. The van der Waals surface area contributed by atoms with Gasteiger partial charge in [-0.3, -0.25) is 0 Å². The quantitative estimate of drug-likeness (QED) is 0.304. The van der Waals surface area contributed by atoms with Gasteiger partial charge in [-0.15, -0.1) is 0 Å². The molecule has 0 bridgehead atoms. The van der Waals surface area contributed by atoms with Crippen LogP contribution in [0.1, 0.15) is 32.3 Å². The van der Waals surface area contributed by atoms with Crippen molar-refractivity contribution in [3.8, 4) is 11.5 Å². The van der Waals surface area contributed by atoms with Gasteiger partial charge in [-0.2, -0.15) is 4.31 Å². The van der Waals surface area contributed by atoms with Crippen LogP contribution in [-0.2, 0) is 30.7 Å². The van der Waals surface area contributed by atoms with Gasteiger partial charge in [-0.1, -0.05) is 44.2 Å². The zero-order valence-corrected chi connectivity index (χ0v) is 25.3. The maximum Gasteiger partial charge on any atom is 0.407 e. The molecule has 2 aromatic carbocycles. The maximum atomic E-state index is 14.0. The number of rotatable bonds is 13. The minimum atomic E-state index is -4.11. The van der Waals surface area contributed by atoms with Gasteiger partial charge in [0.15, 0.2) is 17.8 Å². The second-order valence-electron chi connectivity index (χ2n) is 12.0. The monoisotopic (exact) mass is 619 g/mol. The van der Waals surface area contributed by atoms with E-state index in [2.05, 4.69) is 5.32 Å². The van der Waals surface area contributed by atoms with Crippen molar-refractivity contribution in [2.24, 2.45) is 17.1 Å². The van der Waals surface area contributed by atoms with Gasteiger partial charge < -0.3 is 39.8 Å². The molecule has 5 atom stereocenters. The molecule has 3 aliphatic heterocycles. The number of ether oxygens (including phenoxy) is 5. The third-order valence-corrected chi connectivity index (χ3v) is 9.92. The Morgan fingerprint density at radius 1 is 1.16 bits per heavy atom. The first-order valence-corrected chi connectivity index (χ1v) is 16.0. The Morgan fingerprint density at radius 3 is 2.70 bits per heavy atom. The van der Waals surface area contributed by atoms with Crippen LogP contribution >= 0.6 is 0 Å². The van der Waals surface area contributed by atoms with Crippen molar-refractivity contribution in [1.29, 1.82) is 0 Å². The summed E-state index contributed by atoms with van der Waals surface area (Å²) >= 11 is 0. The lowest BCUT2D eigenvalue weighted by Crippen LogP contribution is -2.52. The molecule has 3 heterocycles. The number of carbonyl (C=O) groups excluding carboxylic acids is 1. The lowest BCUT2D eigenvalue weighted by molar-refractivity contribution is -0.0907. The molecule has 0 radical (unpaired) electrons. The van der Waals surface area contributed by atoms with Crippen LogP contribution in [0.25, 0.3) is 0 Å². The van der Waals surface area contributed by atoms with Gasteiger partial charge in [-0.05, 0) is 48.9 Å². The number of aliphatic hydroxyl groups is 1. The molecule has 0 spiro atoms. The molecule has 1 amide bonds. The number of alkyl carbamates (subject to hydrolysis) is 1. The van der Waals surface area contributed by atoms with E-state index in [0.29, 0.717) is 31.1 Å². The Labute approximate surface area is 252 Å². The van der Waals surface area contributed by atoms with Crippen LogP contribution in [0.5, 0.6) is 11.5 Å². The number of fused-ring (bicyclic) bond motifs is 2. The molecule has 3 aliphatic rings. The Kier molecular flexibility index (Phi) is 9.79. The van der Waals surface area contributed by atoms with Gasteiger partial charge >= 0.3 is 6.09 Å². The van der Waals surface area contributed by atoms with Crippen LogP contribution < -0.4 is 20.5 Å². The van der Waals surface area contributed by atoms with E-state index in [-0.39, 0.29) is 50.0 Å². The van der Waals surface area contributed by atoms with Crippen molar-refractivity contribution >= 4 is 16.1 Å². The summed E-state index contributed by atoms with van der Waals surface area (Å²) in [6.07, 6.45) is -1.31. The molecule has 4 N–H and O–H groups in total. The van der Waals surface area contributed by atoms with E-state index in [4.69, 9.17) is 29.4 Å². The number of nitrogens with two attached hydrogens (primary N) is 1. The number of amides is 1. The second-order valence-corrected chi connectivity index (χ2v) is 13.9. The van der Waals surface area contributed by atoms with Crippen molar-refractivity contribution in [1.82, 2.24) is 9.62 Å². The Hall–Kier alpha value is -2.94. The van der Waals surface area contributed by atoms with Crippen LogP contribution in [0, 0.1) is 11.3 Å². The average Bonchev–Trinajstić information content (AvgIpc) is 3.71. The number of hydrogen-bond donors (Lipinski definition) is 3. The smallest absolute Gasteiger partial charge is 0.407 e. The molecule has 2 aromatic rings. The Bertz CT molecular complexity index is 1360. The van der Waals surface area contributed by atoms with Crippen molar-refractivity contribution < 1.29 is 42.0 Å². The predicted octanol–water partition coefficient (Wildman–Crippen LogP) is 2.24. The summed E-state index contributed by atoms with van der Waals surface area (Å²) in [7, 11) is -4.11. The van der Waals surface area contributed by atoms with Crippen LogP contribution in [0.3, 0.4) is 0 Å². The highest BCUT2D eigenvalue weighted by Crippen LogP contribution is 2.36. The molecule has 0 aromatic heterocycles. The Balaban J connectivity index is 1.37. The van der Waals surface area contributed by atoms with Gasteiger partial charge in [0.2, 0.25) is 16.8 Å². The van der Waals surface area contributed by atoms with Crippen LogP contribution in [-0.4, -0.2) is 88.1 Å². The lowest BCUT2D eigenvalue weighted by Gasteiger charge is -2.35. The number of hydrogen-bond acceptors (Lipinski definition) is 10.